The molecule has 30 atom stereocenters. The first-order chi connectivity index (χ1) is 63.9. The van der Waals surface area contributed by atoms with E-state index in [9.17, 15) is 58.7 Å². The average Bonchev–Trinajstić information content (AvgIpc) is 1.63. The number of aromatic amines is 3. The lowest BCUT2D eigenvalue weighted by Crippen LogP contribution is -2.35. The fraction of sp³-hybridized carbons (Fsp3) is 0.476. The molecule has 0 radical (unpaired) electrons. The molecule has 9 aliphatic rings. The molecule has 0 saturated carbocycles. The fourth-order valence-electron chi connectivity index (χ4n) is 16.0. The highest BCUT2D eigenvalue weighted by Gasteiger charge is 2.59. The van der Waals surface area contributed by atoms with Crippen LogP contribution in [0, 0.1) is 0 Å². The summed E-state index contributed by atoms with van der Waals surface area (Å²) in [7, 11) is 0. The zero-order valence-electron chi connectivity index (χ0n) is 67.4. The summed E-state index contributed by atoms with van der Waals surface area (Å²) in [6.07, 6.45) is -24.2. The van der Waals surface area contributed by atoms with Crippen LogP contribution >= 0.6 is 52.6 Å². The predicted molar refractivity (Wildman–Crippen MR) is 474 cm³/mol. The number of rotatable bonds is 6. The number of fused-ring (bicyclic) bond motifs is 15. The van der Waals surface area contributed by atoms with Crippen molar-refractivity contribution in [2.75, 3.05) is 74.0 Å². The number of pyridine rings is 3. The number of aromatic nitrogens is 21. The number of halogens is 3. The van der Waals surface area contributed by atoms with Gasteiger partial charge in [-0.2, -0.15) is 15.0 Å². The van der Waals surface area contributed by atoms with Gasteiger partial charge in [0.2, 0.25) is 17.8 Å². The Morgan fingerprint density at radius 2 is 0.570 bits per heavy atom. The summed E-state index contributed by atoms with van der Waals surface area (Å²) >= 11 is 30.0. The van der Waals surface area contributed by atoms with E-state index in [1.165, 1.54) is 102 Å². The molecule has 21 heterocycles. The van der Waals surface area contributed by atoms with Crippen LogP contribution in [0.2, 0.25) is 0 Å². The molecule has 57 nitrogen and oxygen atoms in total. The van der Waals surface area contributed by atoms with Crippen molar-refractivity contribution in [2.24, 2.45) is 0 Å². The third-order valence-corrected chi connectivity index (χ3v) is 31.6. The van der Waals surface area contributed by atoms with Crippen LogP contribution in [-0.2, 0) is 146 Å². The van der Waals surface area contributed by atoms with Crippen LogP contribution in [0.1, 0.15) is 37.4 Å². The van der Waals surface area contributed by atoms with Crippen LogP contribution < -0.4 is 51.1 Å². The minimum atomic E-state index is -4.39. The first-order valence-electron chi connectivity index (χ1n) is 39.2. The molecule has 23 N–H and O–H groups in total. The molecule has 6 bridgehead atoms. The molecule has 9 saturated heterocycles. The monoisotopic (exact) mass is 2120 g/mol. The zero-order chi connectivity index (χ0) is 95.5. The summed E-state index contributed by atoms with van der Waals surface area (Å²) in [6, 6.07) is 4.58. The average molecular weight is 2120 g/mol. The first kappa shape index (κ1) is 96.2. The molecular formula is C63H72F3N27O30P6S6. The standard InChI is InChI=1S/3C21H24FN9O10P2S2/c3*22-10-14-9(39-19(10)30-5-26-11-7(23)1-2-25-16(11)30)4-37-43(35,45)41-15-13(32)8(3-36-42(34,44)40-14)38-20(15)31-6-27-12-17(31)28-21(24)29-18(12)33/h3*1-2,5-6,8-10,13-15,19-20,32H,3-4H2,(H2,23,25)(H,34,44)(H,35,45)(H3,24,28,29,33)/t3*8-,9-,10?,13+,14+,15?,19-,20-,42?,43?/m111/s1. The van der Waals surface area contributed by atoms with Crippen molar-refractivity contribution in [3.05, 3.63) is 106 Å². The Labute approximate surface area is 778 Å². The maximum atomic E-state index is 16.0. The number of anilines is 6. The number of nitrogens with one attached hydrogen (secondary N) is 3. The van der Waals surface area contributed by atoms with E-state index < -0.39 is 244 Å². The van der Waals surface area contributed by atoms with Crippen LogP contribution in [0.5, 0.6) is 0 Å². The molecule has 135 heavy (non-hydrogen) atoms. The van der Waals surface area contributed by atoms with Crippen molar-refractivity contribution >= 4 is 214 Å². The summed E-state index contributed by atoms with van der Waals surface area (Å²) in [5.74, 6) is -0.673. The summed E-state index contributed by atoms with van der Waals surface area (Å²) in [5.41, 5.74) is 35.1. The van der Waals surface area contributed by atoms with Gasteiger partial charge >= 0.3 is 40.4 Å². The summed E-state index contributed by atoms with van der Waals surface area (Å²) < 4.78 is 171. The number of H-pyrrole nitrogens is 3. The highest BCUT2D eigenvalue weighted by Crippen LogP contribution is 2.61. The van der Waals surface area contributed by atoms with Crippen LogP contribution in [0.3, 0.4) is 0 Å². The van der Waals surface area contributed by atoms with E-state index in [1.54, 1.807) is 0 Å². The zero-order valence-corrected chi connectivity index (χ0v) is 77.7. The van der Waals surface area contributed by atoms with Gasteiger partial charge in [-0.25, -0.2) is 62.6 Å². The van der Waals surface area contributed by atoms with Crippen LogP contribution in [0.4, 0.5) is 48.1 Å². The van der Waals surface area contributed by atoms with Gasteiger partial charge in [-0.05, 0) is 77.2 Å². The Balaban J connectivity index is 0.000000130. The molecule has 0 amide bonds. The third kappa shape index (κ3) is 18.8. The van der Waals surface area contributed by atoms with Gasteiger partial charge in [0.1, 0.15) is 108 Å². The second-order valence-electron chi connectivity index (χ2n) is 30.7. The predicted octanol–water partition coefficient (Wildman–Crippen LogP) is -0.758. The number of aliphatic hydroxyl groups excluding tert-OH is 3. The van der Waals surface area contributed by atoms with Crippen molar-refractivity contribution < 1.29 is 140 Å². The van der Waals surface area contributed by atoms with Gasteiger partial charge < -0.3 is 125 Å². The smallest absolute Gasteiger partial charge is 0.386 e. The number of hydrogen-bond donors (Lipinski definition) is 18. The fourth-order valence-corrected chi connectivity index (χ4v) is 24.6. The highest BCUT2D eigenvalue weighted by molar-refractivity contribution is 8.44. The first-order valence-corrected chi connectivity index (χ1v) is 54.8. The van der Waals surface area contributed by atoms with Crippen LogP contribution in [-0.4, -0.2) is 292 Å². The number of thiol groups is 1. The molecule has 21 rings (SSSR count). The lowest BCUT2D eigenvalue weighted by molar-refractivity contribution is -0.0602. The number of aliphatic hydroxyl groups is 3. The van der Waals surface area contributed by atoms with Gasteiger partial charge in [-0.15, -0.1) is 0 Å². The molecule has 9 aliphatic heterocycles. The molecule has 0 spiro atoms. The maximum Gasteiger partial charge on any atom is 0.386 e. The molecular weight excluding hydrogens is 2050 g/mol. The molecule has 0 aliphatic carbocycles. The van der Waals surface area contributed by atoms with Crippen molar-refractivity contribution in [3.63, 3.8) is 0 Å². The van der Waals surface area contributed by atoms with E-state index in [0.717, 1.165) is 0 Å². The Kier molecular flexibility index (Phi) is 26.2. The third-order valence-electron chi connectivity index (χ3n) is 22.2. The van der Waals surface area contributed by atoms with Gasteiger partial charge in [0.15, 0.2) is 106 Å². The summed E-state index contributed by atoms with van der Waals surface area (Å²) in [4.78, 5) is 148. The Hall–Kier alpha value is -7.71. The number of nitrogens with zero attached hydrogens (tertiary/aromatic N) is 18. The van der Waals surface area contributed by atoms with E-state index >= 15 is 13.2 Å². The summed E-state index contributed by atoms with van der Waals surface area (Å²) in [5, 5.41) is 33.4. The number of alkyl halides is 3. The van der Waals surface area contributed by atoms with Gasteiger partial charge in [-0.3, -0.25) is 88.4 Å². The number of nitrogen functional groups attached to an aromatic ring is 6. The second-order valence-corrected chi connectivity index (χ2v) is 47.5. The maximum absolute atomic E-state index is 16.0. The van der Waals surface area contributed by atoms with Crippen molar-refractivity contribution in [1.82, 2.24) is 102 Å². The van der Waals surface area contributed by atoms with Gasteiger partial charge in [-0.1, -0.05) is 12.2 Å². The van der Waals surface area contributed by atoms with E-state index in [-0.39, 0.29) is 68.3 Å². The van der Waals surface area contributed by atoms with Crippen molar-refractivity contribution in [3.8, 4) is 0 Å². The van der Waals surface area contributed by atoms with Crippen molar-refractivity contribution in [1.29, 1.82) is 0 Å². The SMILES string of the molecule is Nc1nc2c(ncn2[C@@H]2O[C@@H]3COP(=O)(S)O[C@@H]4C(F)[C@H](n5cnc6c(N)ccnc65)O[C@@H]4COP(O)(=S)OC2[C@H]3O)c(=O)[nH]1.Nc1nc2c(ncn2[C@@H]2O[C@@H]3COP(O)(=S)O[C@@H]4C(F)[C@H](n5cnc6c(N)ccnc65)O[C@@H]4COP(O)(=S)OC2[C@H]3O)c(=O)[nH]1.Nc1nc2c(ncn2[C@@H]2O[C@@H]3COP(O)(=S)O[C@@H]4C(F)[C@H](n5cnc6c(N)ccnc65)O[C@@H]4COP(O)(=S)OC2[C@H]3O)c(=O)[nH]1. The quantitative estimate of drug-likeness (QED) is 0.0719. The Morgan fingerprint density at radius 1 is 0.341 bits per heavy atom. The molecule has 726 valence electrons. The Bertz CT molecular complexity index is 6490. The normalized spacial score (nSPS) is 37.7. The molecule has 12 aromatic heterocycles. The largest absolute Gasteiger partial charge is 0.397 e. The summed E-state index contributed by atoms with van der Waals surface area (Å²) in [6.45, 7) is -29.3. The van der Waals surface area contributed by atoms with Gasteiger partial charge in [0, 0.05) is 18.6 Å². The topological polar surface area (TPSA) is 784 Å². The molecule has 12 aromatic rings. The molecule has 9 fully saturated rings. The highest BCUT2D eigenvalue weighted by atomic mass is 32.7. The van der Waals surface area contributed by atoms with E-state index in [2.05, 4.69) is 87.0 Å². The number of hydrogen-bond acceptors (Lipinski definition) is 48. The molecule has 12 unspecified atom stereocenters. The number of nitrogens with two attached hydrogens (primary N) is 6. The number of imidazole rings is 6. The Morgan fingerprint density at radius 3 is 0.852 bits per heavy atom. The van der Waals surface area contributed by atoms with E-state index in [4.69, 9.17) is 176 Å². The lowest BCUT2D eigenvalue weighted by atomic mass is 10.1. The lowest BCUT2D eigenvalue weighted by Gasteiger charge is -2.27. The minimum Gasteiger partial charge on any atom is -0.397 e. The molecule has 0 aromatic carbocycles. The van der Waals surface area contributed by atoms with Crippen LogP contribution in [0.25, 0.3) is 67.0 Å². The molecule has 72 heteroatoms. The minimum absolute atomic E-state index is 0.0296. The van der Waals surface area contributed by atoms with Gasteiger partial charge in [0.25, 0.3) is 16.7 Å². The van der Waals surface area contributed by atoms with Crippen LogP contribution in [0.15, 0.2) is 89.1 Å². The number of ether oxygens (including phenoxy) is 6. The van der Waals surface area contributed by atoms with E-state index in [0.29, 0.717) is 33.6 Å². The second kappa shape index (κ2) is 36.7. The van der Waals surface area contributed by atoms with E-state index in [1.807, 2.05) is 0 Å². The van der Waals surface area contributed by atoms with Gasteiger partial charge in [0.05, 0.1) is 94.7 Å². The van der Waals surface area contributed by atoms with Crippen molar-refractivity contribution in [2.45, 2.75) is 147 Å².